The maximum absolute atomic E-state index is 12.7. The molecule has 162 valence electrons. The van der Waals surface area contributed by atoms with E-state index in [1.807, 2.05) is 49.3 Å². The van der Waals surface area contributed by atoms with E-state index >= 15 is 0 Å². The molecule has 2 aliphatic rings. The van der Waals surface area contributed by atoms with Crippen LogP contribution in [0.5, 0.6) is 0 Å². The molecule has 1 aromatic carbocycles. The van der Waals surface area contributed by atoms with Crippen molar-refractivity contribution >= 4 is 57.8 Å². The third-order valence-electron chi connectivity index (χ3n) is 4.65. The van der Waals surface area contributed by atoms with E-state index in [4.69, 9.17) is 0 Å². The van der Waals surface area contributed by atoms with Gasteiger partial charge in [0.05, 0.1) is 6.42 Å². The molecule has 1 aromatic heterocycles. The Labute approximate surface area is 190 Å². The molecule has 0 unspecified atom stereocenters. The van der Waals surface area contributed by atoms with Crippen LogP contribution in [0, 0.1) is 0 Å². The highest BCUT2D eigenvalue weighted by atomic mass is 32.2. The van der Waals surface area contributed by atoms with Gasteiger partial charge in [-0.05, 0) is 5.56 Å². The molecule has 1 saturated heterocycles. The van der Waals surface area contributed by atoms with E-state index in [1.54, 1.807) is 0 Å². The number of hydrogen-bond donors (Lipinski definition) is 2. The Hall–Kier alpha value is -2.57. The van der Waals surface area contributed by atoms with Gasteiger partial charge >= 0.3 is 5.97 Å². The number of β-lactam (4-membered cyclic amide) rings is 1. The first-order chi connectivity index (χ1) is 14.8. The van der Waals surface area contributed by atoms with E-state index in [2.05, 4.69) is 15.5 Å². The summed E-state index contributed by atoms with van der Waals surface area (Å²) < 4.78 is 0.609. The number of fused-ring (bicyclic) bond motifs is 1. The minimum Gasteiger partial charge on any atom is -0.477 e. The Morgan fingerprint density at radius 2 is 2.03 bits per heavy atom. The normalized spacial score (nSPS) is 20.2. The SMILES string of the molecule is CN(C)c1nnc(SC2=C(C(=O)O)N3C(=O)[C@@H](NC(=O)Cc4ccccc4)[C@@H]3SC2)s1. The van der Waals surface area contributed by atoms with E-state index in [0.717, 1.165) is 5.56 Å². The minimum absolute atomic E-state index is 0.0473. The lowest BCUT2D eigenvalue weighted by Crippen LogP contribution is -2.70. The van der Waals surface area contributed by atoms with Crippen LogP contribution in [0.1, 0.15) is 5.56 Å². The summed E-state index contributed by atoms with van der Waals surface area (Å²) in [4.78, 5) is 40.7. The Balaban J connectivity index is 1.47. The lowest BCUT2D eigenvalue weighted by atomic mass is 10.0. The number of thioether (sulfide) groups is 2. The monoisotopic (exact) mass is 477 g/mol. The number of aromatic nitrogens is 2. The molecule has 9 nitrogen and oxygen atoms in total. The lowest BCUT2D eigenvalue weighted by Gasteiger charge is -2.49. The fraction of sp³-hybridized carbons (Fsp3) is 0.316. The predicted octanol–water partition coefficient (Wildman–Crippen LogP) is 1.64. The van der Waals surface area contributed by atoms with Crippen LogP contribution in [0.3, 0.4) is 0 Å². The average Bonchev–Trinajstić information content (AvgIpc) is 3.21. The largest absolute Gasteiger partial charge is 0.477 e. The number of nitrogens with one attached hydrogen (secondary N) is 1. The first kappa shape index (κ1) is 21.7. The van der Waals surface area contributed by atoms with Crippen molar-refractivity contribution in [3.8, 4) is 0 Å². The maximum Gasteiger partial charge on any atom is 0.353 e. The average molecular weight is 478 g/mol. The molecule has 12 heteroatoms. The molecule has 0 radical (unpaired) electrons. The number of carboxylic acid groups (broad SMARTS) is 1. The summed E-state index contributed by atoms with van der Waals surface area (Å²) in [5.74, 6) is -1.45. The highest BCUT2D eigenvalue weighted by molar-refractivity contribution is 8.07. The number of hydrogen-bond acceptors (Lipinski definition) is 9. The number of carboxylic acids is 1. The summed E-state index contributed by atoms with van der Waals surface area (Å²) in [5.41, 5.74) is 0.799. The summed E-state index contributed by atoms with van der Waals surface area (Å²) in [5, 5.41) is 21.0. The second kappa shape index (κ2) is 8.89. The Morgan fingerprint density at radius 1 is 1.29 bits per heavy atom. The van der Waals surface area contributed by atoms with Gasteiger partial charge in [-0.15, -0.1) is 22.0 Å². The van der Waals surface area contributed by atoms with Crippen molar-refractivity contribution in [2.24, 2.45) is 0 Å². The van der Waals surface area contributed by atoms with Gasteiger partial charge in [-0.25, -0.2) is 4.79 Å². The molecular formula is C19H19N5O4S3. The standard InChI is InChI=1S/C19H19N5O4S3/c1-23(2)18-21-22-19(31-18)30-11-9-29-16-13(15(26)24(16)14(11)17(27)28)20-12(25)8-10-6-4-3-5-7-10/h3-7,13,16H,8-9H2,1-2H3,(H,20,25)(H,27,28)/t13-,16+/m1/s1. The zero-order valence-electron chi connectivity index (χ0n) is 16.6. The van der Waals surface area contributed by atoms with Gasteiger partial charge in [0.15, 0.2) is 4.34 Å². The first-order valence-electron chi connectivity index (χ1n) is 9.28. The van der Waals surface area contributed by atoms with Gasteiger partial charge in [0.25, 0.3) is 5.91 Å². The van der Waals surface area contributed by atoms with Crippen LogP contribution >= 0.6 is 34.9 Å². The van der Waals surface area contributed by atoms with Crippen LogP contribution in [-0.4, -0.2) is 69.3 Å². The van der Waals surface area contributed by atoms with Crippen LogP contribution in [0.25, 0.3) is 0 Å². The molecule has 2 aliphatic heterocycles. The molecule has 3 heterocycles. The number of carbonyl (C=O) groups is 3. The topological polar surface area (TPSA) is 116 Å². The Morgan fingerprint density at radius 3 is 2.68 bits per heavy atom. The number of carbonyl (C=O) groups excluding carboxylic acids is 2. The smallest absolute Gasteiger partial charge is 0.353 e. The zero-order valence-corrected chi connectivity index (χ0v) is 19.1. The summed E-state index contributed by atoms with van der Waals surface area (Å²) in [6.07, 6.45) is 0.163. The van der Waals surface area contributed by atoms with Crippen LogP contribution in [0.15, 0.2) is 45.3 Å². The van der Waals surface area contributed by atoms with Gasteiger partial charge in [-0.1, -0.05) is 53.4 Å². The lowest BCUT2D eigenvalue weighted by molar-refractivity contribution is -0.150. The van der Waals surface area contributed by atoms with Gasteiger partial charge in [0, 0.05) is 24.8 Å². The second-order valence-electron chi connectivity index (χ2n) is 7.04. The zero-order chi connectivity index (χ0) is 22.1. The van der Waals surface area contributed by atoms with Crippen molar-refractivity contribution in [3.05, 3.63) is 46.5 Å². The van der Waals surface area contributed by atoms with Crippen LogP contribution in [0.4, 0.5) is 5.13 Å². The minimum atomic E-state index is -1.17. The Bertz CT molecular complexity index is 1060. The van der Waals surface area contributed by atoms with Crippen molar-refractivity contribution in [2.75, 3.05) is 24.7 Å². The number of aliphatic carboxylic acids is 1. The quantitative estimate of drug-likeness (QED) is 0.574. The van der Waals surface area contributed by atoms with Crippen LogP contribution in [-0.2, 0) is 20.8 Å². The molecule has 2 N–H and O–H groups in total. The number of benzene rings is 1. The van der Waals surface area contributed by atoms with Crippen molar-refractivity contribution < 1.29 is 19.5 Å². The fourth-order valence-electron chi connectivity index (χ4n) is 3.20. The summed E-state index contributed by atoms with van der Waals surface area (Å²) in [6, 6.07) is 8.51. The number of nitrogens with zero attached hydrogens (tertiary/aromatic N) is 4. The van der Waals surface area contributed by atoms with Gasteiger partial charge in [-0.2, -0.15) is 0 Å². The molecule has 0 spiro atoms. The molecular weight excluding hydrogens is 458 g/mol. The molecule has 0 bridgehead atoms. The molecule has 0 aliphatic carbocycles. The number of anilines is 1. The molecule has 1 fully saturated rings. The first-order valence-corrected chi connectivity index (χ1v) is 12.0. The summed E-state index contributed by atoms with van der Waals surface area (Å²) in [7, 11) is 3.70. The molecule has 2 aromatic rings. The van der Waals surface area contributed by atoms with E-state index in [9.17, 15) is 19.5 Å². The van der Waals surface area contributed by atoms with Crippen LogP contribution < -0.4 is 10.2 Å². The van der Waals surface area contributed by atoms with Crippen molar-refractivity contribution in [1.82, 2.24) is 20.4 Å². The van der Waals surface area contributed by atoms with Crippen LogP contribution in [0.2, 0.25) is 0 Å². The van der Waals surface area contributed by atoms with Gasteiger partial charge in [-0.3, -0.25) is 14.5 Å². The summed E-state index contributed by atoms with van der Waals surface area (Å²) >= 11 is 3.99. The number of amides is 2. The molecule has 31 heavy (non-hydrogen) atoms. The van der Waals surface area contributed by atoms with Gasteiger partial charge in [0.2, 0.25) is 11.0 Å². The Kier molecular flexibility index (Phi) is 6.21. The third-order valence-corrected chi connectivity index (χ3v) is 8.34. The highest BCUT2D eigenvalue weighted by Crippen LogP contribution is 2.45. The highest BCUT2D eigenvalue weighted by Gasteiger charge is 2.54. The van der Waals surface area contributed by atoms with E-state index in [1.165, 1.54) is 39.8 Å². The van der Waals surface area contributed by atoms with E-state index < -0.39 is 23.3 Å². The molecule has 4 rings (SSSR count). The van der Waals surface area contributed by atoms with Crippen molar-refractivity contribution in [1.29, 1.82) is 0 Å². The van der Waals surface area contributed by atoms with Gasteiger partial charge < -0.3 is 15.3 Å². The molecule has 2 amide bonds. The van der Waals surface area contributed by atoms with Crippen molar-refractivity contribution in [2.45, 2.75) is 22.2 Å². The molecule has 2 atom stereocenters. The summed E-state index contributed by atoms with van der Waals surface area (Å²) in [6.45, 7) is 0. The van der Waals surface area contributed by atoms with E-state index in [-0.39, 0.29) is 18.0 Å². The van der Waals surface area contributed by atoms with E-state index in [0.29, 0.717) is 20.1 Å². The fourth-order valence-corrected chi connectivity index (χ4v) is 6.61. The maximum atomic E-state index is 12.7. The van der Waals surface area contributed by atoms with Crippen molar-refractivity contribution in [3.63, 3.8) is 0 Å². The predicted molar refractivity (Wildman–Crippen MR) is 120 cm³/mol. The number of rotatable bonds is 7. The second-order valence-corrected chi connectivity index (χ2v) is 10.4. The molecule has 0 saturated carbocycles. The third kappa shape index (κ3) is 4.41. The van der Waals surface area contributed by atoms with Gasteiger partial charge in [0.1, 0.15) is 17.1 Å².